The molecule has 1 fully saturated rings. The molecule has 2 aromatic rings. The number of carbonyl (C=O) groups is 1. The summed E-state index contributed by atoms with van der Waals surface area (Å²) in [6.45, 7) is 1.22. The third-order valence-electron chi connectivity index (χ3n) is 4.08. The summed E-state index contributed by atoms with van der Waals surface area (Å²) in [7, 11) is -3.73. The molecule has 2 aromatic carbocycles. The number of anilines is 1. The molecular formula is C19H17ClN2O4S. The minimum Gasteiger partial charge on any atom is -0.379 e. The average Bonchev–Trinajstić information content (AvgIpc) is 2.69. The third-order valence-corrected chi connectivity index (χ3v) is 6.30. The van der Waals surface area contributed by atoms with E-state index in [1.165, 1.54) is 22.5 Å². The molecule has 0 atom stereocenters. The minimum atomic E-state index is -3.73. The Morgan fingerprint density at radius 3 is 2.63 bits per heavy atom. The van der Waals surface area contributed by atoms with Crippen LogP contribution in [0.2, 0.25) is 5.02 Å². The normalized spacial score (nSPS) is 15.1. The Bertz CT molecular complexity index is 1010. The van der Waals surface area contributed by atoms with E-state index in [0.717, 1.165) is 0 Å². The number of ether oxygens (including phenoxy) is 1. The van der Waals surface area contributed by atoms with Crippen molar-refractivity contribution in [3.63, 3.8) is 0 Å². The van der Waals surface area contributed by atoms with Crippen LogP contribution in [0.3, 0.4) is 0 Å². The van der Waals surface area contributed by atoms with E-state index in [9.17, 15) is 13.2 Å². The molecule has 0 spiro atoms. The predicted molar refractivity (Wildman–Crippen MR) is 103 cm³/mol. The predicted octanol–water partition coefficient (Wildman–Crippen LogP) is 2.59. The molecule has 3 rings (SSSR count). The van der Waals surface area contributed by atoms with Gasteiger partial charge in [0, 0.05) is 24.3 Å². The van der Waals surface area contributed by atoms with Crippen LogP contribution in [0.5, 0.6) is 0 Å². The number of halogens is 1. The highest BCUT2D eigenvalue weighted by molar-refractivity contribution is 7.89. The zero-order chi connectivity index (χ0) is 19.4. The zero-order valence-electron chi connectivity index (χ0n) is 14.3. The summed E-state index contributed by atoms with van der Waals surface area (Å²) in [5.74, 6) is 1.96. The van der Waals surface area contributed by atoms with E-state index >= 15 is 0 Å². The number of terminal acetylenes is 1. The molecule has 1 saturated heterocycles. The van der Waals surface area contributed by atoms with E-state index in [-0.39, 0.29) is 28.6 Å². The number of amides is 1. The van der Waals surface area contributed by atoms with Gasteiger partial charge in [-0.15, -0.1) is 6.42 Å². The number of benzene rings is 2. The lowest BCUT2D eigenvalue weighted by molar-refractivity contribution is 0.0730. The van der Waals surface area contributed by atoms with Crippen molar-refractivity contribution in [2.45, 2.75) is 4.90 Å². The van der Waals surface area contributed by atoms with Gasteiger partial charge < -0.3 is 10.1 Å². The molecule has 0 aliphatic carbocycles. The Morgan fingerprint density at radius 1 is 1.19 bits per heavy atom. The van der Waals surface area contributed by atoms with E-state index in [4.69, 9.17) is 22.8 Å². The Hall–Kier alpha value is -2.37. The second-order valence-corrected chi connectivity index (χ2v) is 8.18. The summed E-state index contributed by atoms with van der Waals surface area (Å²) in [5, 5.41) is 2.84. The first-order chi connectivity index (χ1) is 12.9. The summed E-state index contributed by atoms with van der Waals surface area (Å²) in [4.78, 5) is 12.6. The van der Waals surface area contributed by atoms with Gasteiger partial charge in [0.05, 0.1) is 28.7 Å². The molecule has 27 heavy (non-hydrogen) atoms. The van der Waals surface area contributed by atoms with E-state index in [0.29, 0.717) is 24.5 Å². The molecule has 1 amide bonds. The number of nitrogens with one attached hydrogen (secondary N) is 1. The van der Waals surface area contributed by atoms with Gasteiger partial charge >= 0.3 is 0 Å². The molecule has 8 heteroatoms. The number of carbonyl (C=O) groups excluding carboxylic acids is 1. The van der Waals surface area contributed by atoms with E-state index in [2.05, 4.69) is 11.2 Å². The maximum atomic E-state index is 12.8. The second-order valence-electron chi connectivity index (χ2n) is 5.84. The van der Waals surface area contributed by atoms with E-state index in [1.54, 1.807) is 24.3 Å². The summed E-state index contributed by atoms with van der Waals surface area (Å²) in [6, 6.07) is 10.9. The lowest BCUT2D eigenvalue weighted by Gasteiger charge is -2.26. The fourth-order valence-electron chi connectivity index (χ4n) is 2.66. The van der Waals surface area contributed by atoms with Crippen molar-refractivity contribution < 1.29 is 17.9 Å². The van der Waals surface area contributed by atoms with E-state index in [1.807, 2.05) is 0 Å². The number of morpholine rings is 1. The molecule has 1 N–H and O–H groups in total. The summed E-state index contributed by atoms with van der Waals surface area (Å²) in [6.07, 6.45) is 5.36. The topological polar surface area (TPSA) is 75.7 Å². The van der Waals surface area contributed by atoms with Crippen LogP contribution in [0.15, 0.2) is 47.4 Å². The first kappa shape index (κ1) is 19.4. The van der Waals surface area contributed by atoms with Gasteiger partial charge in [-0.1, -0.05) is 23.6 Å². The van der Waals surface area contributed by atoms with Gasteiger partial charge in [0.25, 0.3) is 5.91 Å². The van der Waals surface area contributed by atoms with Gasteiger partial charge in [0.2, 0.25) is 10.0 Å². The highest BCUT2D eigenvalue weighted by Gasteiger charge is 2.27. The lowest BCUT2D eigenvalue weighted by atomic mass is 10.2. The number of hydrogen-bond acceptors (Lipinski definition) is 4. The number of nitrogens with zero attached hydrogens (tertiary/aromatic N) is 1. The van der Waals surface area contributed by atoms with Crippen LogP contribution < -0.4 is 5.32 Å². The van der Waals surface area contributed by atoms with Gasteiger partial charge in [0.1, 0.15) is 0 Å². The first-order valence-electron chi connectivity index (χ1n) is 8.17. The largest absolute Gasteiger partial charge is 0.379 e. The molecule has 0 aromatic heterocycles. The molecule has 0 bridgehead atoms. The number of hydrogen-bond donors (Lipinski definition) is 1. The fourth-order valence-corrected chi connectivity index (χ4v) is 4.30. The van der Waals surface area contributed by atoms with E-state index < -0.39 is 15.9 Å². The van der Waals surface area contributed by atoms with Crippen LogP contribution in [-0.4, -0.2) is 44.9 Å². The van der Waals surface area contributed by atoms with Crippen LogP contribution in [0, 0.1) is 12.3 Å². The molecule has 0 radical (unpaired) electrons. The van der Waals surface area contributed by atoms with Crippen molar-refractivity contribution in [2.75, 3.05) is 31.6 Å². The van der Waals surface area contributed by atoms with Crippen molar-refractivity contribution in [1.82, 2.24) is 4.31 Å². The maximum absolute atomic E-state index is 12.8. The van der Waals surface area contributed by atoms with Gasteiger partial charge in [-0.05, 0) is 36.4 Å². The van der Waals surface area contributed by atoms with Crippen LogP contribution in [0.1, 0.15) is 15.9 Å². The van der Waals surface area contributed by atoms with Crippen molar-refractivity contribution in [3.05, 3.63) is 58.6 Å². The third kappa shape index (κ3) is 4.31. The molecule has 1 aliphatic heterocycles. The molecule has 1 heterocycles. The maximum Gasteiger partial charge on any atom is 0.257 e. The fraction of sp³-hybridized carbons (Fsp3) is 0.211. The lowest BCUT2D eigenvalue weighted by Crippen LogP contribution is -2.40. The average molecular weight is 405 g/mol. The Morgan fingerprint density at radius 2 is 1.93 bits per heavy atom. The monoisotopic (exact) mass is 404 g/mol. The van der Waals surface area contributed by atoms with Crippen molar-refractivity contribution >= 4 is 33.2 Å². The number of sulfonamides is 1. The molecule has 6 nitrogen and oxygen atoms in total. The van der Waals surface area contributed by atoms with Crippen molar-refractivity contribution in [1.29, 1.82) is 0 Å². The van der Waals surface area contributed by atoms with Gasteiger partial charge in [-0.3, -0.25) is 4.79 Å². The SMILES string of the molecule is C#Cc1cccc(NC(=O)c2cc(S(=O)(=O)N3CCOCC3)ccc2Cl)c1. The molecule has 0 unspecified atom stereocenters. The van der Waals surface area contributed by atoms with Crippen LogP contribution in [0.4, 0.5) is 5.69 Å². The van der Waals surface area contributed by atoms with Crippen LogP contribution in [-0.2, 0) is 14.8 Å². The Kier molecular flexibility index (Phi) is 5.82. The smallest absolute Gasteiger partial charge is 0.257 e. The molecule has 1 aliphatic rings. The van der Waals surface area contributed by atoms with Gasteiger partial charge in [-0.2, -0.15) is 4.31 Å². The highest BCUT2D eigenvalue weighted by Crippen LogP contribution is 2.24. The van der Waals surface area contributed by atoms with Gasteiger partial charge in [-0.25, -0.2) is 8.42 Å². The number of rotatable bonds is 4. The molecule has 0 saturated carbocycles. The molecular weight excluding hydrogens is 388 g/mol. The van der Waals surface area contributed by atoms with Crippen molar-refractivity contribution in [3.8, 4) is 12.3 Å². The Labute approximate surface area is 163 Å². The van der Waals surface area contributed by atoms with Gasteiger partial charge in [0.15, 0.2) is 0 Å². The standard InChI is InChI=1S/C19H17ClN2O4S/c1-2-14-4-3-5-15(12-14)21-19(23)17-13-16(6-7-18(17)20)27(24,25)22-8-10-26-11-9-22/h1,3-7,12-13H,8-11H2,(H,21,23). The zero-order valence-corrected chi connectivity index (χ0v) is 15.9. The Balaban J connectivity index is 1.88. The van der Waals surface area contributed by atoms with Crippen molar-refractivity contribution in [2.24, 2.45) is 0 Å². The summed E-state index contributed by atoms with van der Waals surface area (Å²) < 4.78 is 32.1. The van der Waals surface area contributed by atoms with Crippen LogP contribution >= 0.6 is 11.6 Å². The summed E-state index contributed by atoms with van der Waals surface area (Å²) in [5.41, 5.74) is 1.17. The summed E-state index contributed by atoms with van der Waals surface area (Å²) >= 11 is 6.13. The molecule has 140 valence electrons. The second kappa shape index (κ2) is 8.11. The minimum absolute atomic E-state index is 0.0105. The highest BCUT2D eigenvalue weighted by atomic mass is 35.5. The quantitative estimate of drug-likeness (QED) is 0.795. The van der Waals surface area contributed by atoms with Crippen LogP contribution in [0.25, 0.3) is 0 Å². The first-order valence-corrected chi connectivity index (χ1v) is 9.99.